The predicted octanol–water partition coefficient (Wildman–Crippen LogP) is 2.29. The SMILES string of the molecule is CC(=O)OC/C=C/CCC(=O)O.CCC/C=C(\OC(C)=O)C(=O)O. The highest BCUT2D eigenvalue weighted by atomic mass is 16.6. The average molecular weight is 344 g/mol. The highest BCUT2D eigenvalue weighted by molar-refractivity contribution is 5.87. The molecule has 0 fully saturated rings. The molecular weight excluding hydrogens is 320 g/mol. The van der Waals surface area contributed by atoms with Crippen LogP contribution in [0, 0.1) is 0 Å². The molecule has 0 amide bonds. The van der Waals surface area contributed by atoms with Crippen LogP contribution >= 0.6 is 0 Å². The summed E-state index contributed by atoms with van der Waals surface area (Å²) in [5.74, 6) is -3.27. The van der Waals surface area contributed by atoms with Gasteiger partial charge in [0.15, 0.2) is 0 Å². The molecule has 0 saturated carbocycles. The monoisotopic (exact) mass is 344 g/mol. The number of carboxylic acid groups (broad SMARTS) is 2. The largest absolute Gasteiger partial charge is 0.481 e. The molecule has 0 saturated heterocycles. The molecule has 8 nitrogen and oxygen atoms in total. The van der Waals surface area contributed by atoms with Crippen LogP contribution in [0.4, 0.5) is 0 Å². The van der Waals surface area contributed by atoms with Crippen molar-refractivity contribution >= 4 is 23.9 Å². The summed E-state index contributed by atoms with van der Waals surface area (Å²) in [6.45, 7) is 4.62. The molecule has 0 atom stereocenters. The van der Waals surface area contributed by atoms with Crippen molar-refractivity contribution in [2.45, 2.75) is 46.5 Å². The Morgan fingerprint density at radius 3 is 2.00 bits per heavy atom. The average Bonchev–Trinajstić information content (AvgIpc) is 2.46. The van der Waals surface area contributed by atoms with Crippen LogP contribution < -0.4 is 0 Å². The first-order valence-corrected chi connectivity index (χ1v) is 7.32. The second-order valence-corrected chi connectivity index (χ2v) is 4.46. The first kappa shape index (κ1) is 23.6. The second kappa shape index (κ2) is 15.3. The molecule has 0 aliphatic heterocycles. The van der Waals surface area contributed by atoms with Crippen molar-refractivity contribution in [3.8, 4) is 0 Å². The normalized spacial score (nSPS) is 10.5. The van der Waals surface area contributed by atoms with E-state index in [9.17, 15) is 19.2 Å². The summed E-state index contributed by atoms with van der Waals surface area (Å²) in [5, 5.41) is 16.7. The van der Waals surface area contributed by atoms with Crippen molar-refractivity contribution in [1.82, 2.24) is 0 Å². The fraction of sp³-hybridized carbons (Fsp3) is 0.500. The minimum atomic E-state index is -1.21. The molecule has 8 heteroatoms. The minimum Gasteiger partial charge on any atom is -0.481 e. The third-order valence-corrected chi connectivity index (χ3v) is 2.16. The maximum atomic E-state index is 10.4. The van der Waals surface area contributed by atoms with Gasteiger partial charge in [0, 0.05) is 20.3 Å². The van der Waals surface area contributed by atoms with Crippen molar-refractivity contribution in [2.75, 3.05) is 6.61 Å². The molecule has 0 bridgehead atoms. The number of carbonyl (C=O) groups excluding carboxylic acids is 2. The Labute approximate surface area is 140 Å². The molecule has 0 aromatic carbocycles. The Kier molecular flexibility index (Phi) is 15.0. The summed E-state index contributed by atoms with van der Waals surface area (Å²) >= 11 is 0. The molecule has 0 aromatic heterocycles. The maximum Gasteiger partial charge on any atom is 0.371 e. The van der Waals surface area contributed by atoms with Crippen LogP contribution in [-0.4, -0.2) is 40.7 Å². The highest BCUT2D eigenvalue weighted by Gasteiger charge is 2.09. The van der Waals surface area contributed by atoms with Crippen LogP contribution in [0.3, 0.4) is 0 Å². The van der Waals surface area contributed by atoms with Crippen LogP contribution in [0.15, 0.2) is 24.0 Å². The van der Waals surface area contributed by atoms with Crippen molar-refractivity contribution in [1.29, 1.82) is 0 Å². The summed E-state index contributed by atoms with van der Waals surface area (Å²) in [7, 11) is 0. The van der Waals surface area contributed by atoms with E-state index in [0.29, 0.717) is 12.8 Å². The number of aliphatic carboxylic acids is 2. The molecule has 136 valence electrons. The maximum absolute atomic E-state index is 10.4. The molecule has 0 heterocycles. The quantitative estimate of drug-likeness (QED) is 0.282. The van der Waals surface area contributed by atoms with Gasteiger partial charge < -0.3 is 19.7 Å². The summed E-state index contributed by atoms with van der Waals surface area (Å²) in [6, 6.07) is 0. The van der Waals surface area contributed by atoms with Crippen molar-refractivity contribution in [3.05, 3.63) is 24.0 Å². The molecular formula is C16H24O8. The summed E-state index contributed by atoms with van der Waals surface area (Å²) in [4.78, 5) is 41.0. The van der Waals surface area contributed by atoms with E-state index >= 15 is 0 Å². The van der Waals surface area contributed by atoms with Gasteiger partial charge in [0.2, 0.25) is 5.76 Å². The molecule has 2 N–H and O–H groups in total. The topological polar surface area (TPSA) is 127 Å². The number of unbranched alkanes of at least 4 members (excludes halogenated alkanes) is 1. The van der Waals surface area contributed by atoms with Gasteiger partial charge in [-0.1, -0.05) is 25.5 Å². The number of ether oxygens (including phenoxy) is 2. The first-order chi connectivity index (χ1) is 11.2. The number of carboxylic acids is 2. The number of carbonyl (C=O) groups is 4. The van der Waals surface area contributed by atoms with Crippen molar-refractivity contribution in [3.63, 3.8) is 0 Å². The lowest BCUT2D eigenvalue weighted by atomic mass is 10.3. The molecule has 24 heavy (non-hydrogen) atoms. The smallest absolute Gasteiger partial charge is 0.371 e. The Morgan fingerprint density at radius 1 is 0.958 bits per heavy atom. The standard InChI is InChI=1S/2C8H12O4/c1-7(9)12-6-4-2-3-5-8(10)11;1-3-4-5-7(8(10)11)12-6(2)9/h2,4H,3,5-6H2,1H3,(H,10,11);5H,3-4H2,1-2H3,(H,10,11)/b4-2+;7-5-. The molecule has 0 rings (SSSR count). The zero-order valence-electron chi connectivity index (χ0n) is 14.1. The van der Waals surface area contributed by atoms with Gasteiger partial charge in [-0.2, -0.15) is 0 Å². The Balaban J connectivity index is 0. The predicted molar refractivity (Wildman–Crippen MR) is 85.0 cm³/mol. The first-order valence-electron chi connectivity index (χ1n) is 7.32. The highest BCUT2D eigenvalue weighted by Crippen LogP contribution is 2.01. The van der Waals surface area contributed by atoms with Gasteiger partial charge in [0.25, 0.3) is 0 Å². The number of hydrogen-bond acceptors (Lipinski definition) is 6. The Bertz CT molecular complexity index is 456. The molecule has 0 unspecified atom stereocenters. The zero-order chi connectivity index (χ0) is 19.0. The third-order valence-electron chi connectivity index (χ3n) is 2.16. The van der Waals surface area contributed by atoms with Crippen LogP contribution in [0.25, 0.3) is 0 Å². The van der Waals surface area contributed by atoms with Crippen LogP contribution in [0.2, 0.25) is 0 Å². The van der Waals surface area contributed by atoms with Crippen molar-refractivity contribution < 1.29 is 38.9 Å². The van der Waals surface area contributed by atoms with E-state index < -0.39 is 17.9 Å². The van der Waals surface area contributed by atoms with Crippen LogP contribution in [0.1, 0.15) is 46.5 Å². The summed E-state index contributed by atoms with van der Waals surface area (Å²) in [5.41, 5.74) is 0. The molecule has 0 radical (unpaired) electrons. The summed E-state index contributed by atoms with van der Waals surface area (Å²) in [6.07, 6.45) is 6.69. The number of rotatable bonds is 9. The number of allylic oxidation sites excluding steroid dienone is 2. The lowest BCUT2D eigenvalue weighted by Crippen LogP contribution is -2.08. The van der Waals surface area contributed by atoms with Gasteiger partial charge in [0.05, 0.1) is 0 Å². The van der Waals surface area contributed by atoms with E-state index in [1.54, 1.807) is 12.2 Å². The van der Waals surface area contributed by atoms with E-state index in [-0.39, 0.29) is 24.8 Å². The number of esters is 2. The van der Waals surface area contributed by atoms with Crippen LogP contribution in [-0.2, 0) is 28.7 Å². The molecule has 0 spiro atoms. The van der Waals surface area contributed by atoms with Gasteiger partial charge in [-0.05, 0) is 18.9 Å². The second-order valence-electron chi connectivity index (χ2n) is 4.46. The fourth-order valence-corrected chi connectivity index (χ4v) is 1.16. The zero-order valence-corrected chi connectivity index (χ0v) is 14.1. The van der Waals surface area contributed by atoms with E-state index in [1.807, 2.05) is 6.92 Å². The minimum absolute atomic E-state index is 0.108. The molecule has 0 aliphatic rings. The lowest BCUT2D eigenvalue weighted by Gasteiger charge is -2.00. The van der Waals surface area contributed by atoms with E-state index in [0.717, 1.165) is 6.42 Å². The van der Waals surface area contributed by atoms with Gasteiger partial charge in [-0.15, -0.1) is 0 Å². The van der Waals surface area contributed by atoms with Gasteiger partial charge in [0.1, 0.15) is 6.61 Å². The molecule has 0 aliphatic carbocycles. The lowest BCUT2D eigenvalue weighted by molar-refractivity contribution is -0.146. The summed E-state index contributed by atoms with van der Waals surface area (Å²) < 4.78 is 9.01. The number of hydrogen-bond donors (Lipinski definition) is 2. The van der Waals surface area contributed by atoms with Gasteiger partial charge in [-0.3, -0.25) is 14.4 Å². The van der Waals surface area contributed by atoms with Crippen LogP contribution in [0.5, 0.6) is 0 Å². The van der Waals surface area contributed by atoms with E-state index in [4.69, 9.17) is 10.2 Å². The molecule has 0 aromatic rings. The van der Waals surface area contributed by atoms with Crippen molar-refractivity contribution in [2.24, 2.45) is 0 Å². The van der Waals surface area contributed by atoms with Gasteiger partial charge in [-0.25, -0.2) is 4.79 Å². The Morgan fingerprint density at radius 2 is 1.58 bits per heavy atom. The fourth-order valence-electron chi connectivity index (χ4n) is 1.16. The van der Waals surface area contributed by atoms with E-state index in [2.05, 4.69) is 9.47 Å². The van der Waals surface area contributed by atoms with E-state index in [1.165, 1.54) is 19.9 Å². The Hall–Kier alpha value is -2.64. The third kappa shape index (κ3) is 19.4. The van der Waals surface area contributed by atoms with Gasteiger partial charge >= 0.3 is 23.9 Å².